The minimum Gasteiger partial charge on any atom is -0.481 e. The fourth-order valence-electron chi connectivity index (χ4n) is 1.98. The van der Waals surface area contributed by atoms with Crippen LogP contribution in [-0.2, 0) is 61.3 Å². The zero-order valence-corrected chi connectivity index (χ0v) is 12.9. The first kappa shape index (κ1) is 19.6. The topological polar surface area (TPSA) is 149 Å². The van der Waals surface area contributed by atoms with Gasteiger partial charge in [-0.3, -0.25) is 19.2 Å². The van der Waals surface area contributed by atoms with Crippen LogP contribution in [-0.4, -0.2) is 44.3 Å². The van der Waals surface area contributed by atoms with Gasteiger partial charge in [0.05, 0.1) is 23.7 Å². The Balaban J connectivity index is 0. The Hall–Kier alpha value is -0.743. The molecule has 0 atom stereocenters. The van der Waals surface area contributed by atoms with Crippen LogP contribution in [0, 0.1) is 23.7 Å². The number of carboxylic acid groups (broad SMARTS) is 4. The van der Waals surface area contributed by atoms with Crippen LogP contribution in [0.2, 0.25) is 0 Å². The molecule has 18 heavy (non-hydrogen) atoms. The van der Waals surface area contributed by atoms with Crippen LogP contribution in [0.1, 0.15) is 0 Å². The maximum atomic E-state index is 10.7. The summed E-state index contributed by atoms with van der Waals surface area (Å²) in [5.74, 6) is -13.2. The van der Waals surface area contributed by atoms with E-state index in [1.807, 2.05) is 0 Å². The standard InChI is InChI=1S/C8H8O8.2Pt/c9-5(10)1-2(6(11)12)4(8(15)16)3(1)7(13)14;;/h1-4H,(H,9,10)(H,11,12)(H,13,14)(H,15,16);;. The Morgan fingerprint density at radius 2 is 0.611 bits per heavy atom. The number of carboxylic acids is 4. The summed E-state index contributed by atoms with van der Waals surface area (Å²) in [7, 11) is 0. The Morgan fingerprint density at radius 3 is 0.667 bits per heavy atom. The molecule has 1 aliphatic carbocycles. The summed E-state index contributed by atoms with van der Waals surface area (Å²) in [5, 5.41) is 34.6. The molecule has 0 radical (unpaired) electrons. The fraction of sp³-hybridized carbons (Fsp3) is 0.500. The molecule has 0 aromatic carbocycles. The molecule has 0 unspecified atom stereocenters. The molecule has 0 saturated heterocycles. The third-order valence-corrected chi connectivity index (χ3v) is 2.69. The minimum absolute atomic E-state index is 0. The van der Waals surface area contributed by atoms with E-state index in [0.29, 0.717) is 0 Å². The Bertz CT molecular complexity index is 301. The first-order chi connectivity index (χ1) is 7.29. The van der Waals surface area contributed by atoms with Gasteiger partial charge in [-0.1, -0.05) is 0 Å². The molecular weight excluding hydrogens is 614 g/mol. The second-order valence-electron chi connectivity index (χ2n) is 3.46. The van der Waals surface area contributed by atoms with Crippen molar-refractivity contribution in [1.82, 2.24) is 0 Å². The van der Waals surface area contributed by atoms with Crippen molar-refractivity contribution in [2.45, 2.75) is 0 Å². The third kappa shape index (κ3) is 3.17. The molecule has 0 aromatic heterocycles. The van der Waals surface area contributed by atoms with Gasteiger partial charge >= 0.3 is 23.9 Å². The Morgan fingerprint density at radius 1 is 0.500 bits per heavy atom. The monoisotopic (exact) mass is 622 g/mol. The molecule has 108 valence electrons. The zero-order chi connectivity index (χ0) is 12.6. The second-order valence-corrected chi connectivity index (χ2v) is 3.46. The van der Waals surface area contributed by atoms with Gasteiger partial charge in [0.25, 0.3) is 0 Å². The molecule has 0 heterocycles. The summed E-state index contributed by atoms with van der Waals surface area (Å²) in [4.78, 5) is 42.6. The number of carbonyl (C=O) groups is 4. The van der Waals surface area contributed by atoms with Crippen molar-refractivity contribution in [2.24, 2.45) is 23.7 Å². The zero-order valence-electron chi connectivity index (χ0n) is 8.36. The van der Waals surface area contributed by atoms with Crippen LogP contribution >= 0.6 is 0 Å². The van der Waals surface area contributed by atoms with Crippen molar-refractivity contribution in [3.8, 4) is 0 Å². The Kier molecular flexibility index (Phi) is 7.62. The molecular formula is C8H8O8Pt2. The van der Waals surface area contributed by atoms with Gasteiger partial charge in [0.2, 0.25) is 0 Å². The quantitative estimate of drug-likeness (QED) is 0.306. The van der Waals surface area contributed by atoms with E-state index < -0.39 is 47.5 Å². The van der Waals surface area contributed by atoms with Gasteiger partial charge in [-0.05, 0) is 0 Å². The smallest absolute Gasteiger partial charge is 0.308 e. The normalized spacial score (nSPS) is 28.9. The van der Waals surface area contributed by atoms with E-state index in [1.54, 1.807) is 0 Å². The van der Waals surface area contributed by atoms with Crippen LogP contribution < -0.4 is 0 Å². The van der Waals surface area contributed by atoms with Crippen LogP contribution in [0.4, 0.5) is 0 Å². The van der Waals surface area contributed by atoms with E-state index in [-0.39, 0.29) is 42.1 Å². The maximum absolute atomic E-state index is 10.7. The van der Waals surface area contributed by atoms with Crippen molar-refractivity contribution < 1.29 is 81.7 Å². The SMILES string of the molecule is O=C(O)C1C(C(=O)O)C(C(=O)O)C1C(=O)O.[Pt].[Pt]. The molecule has 0 bridgehead atoms. The molecule has 4 N–H and O–H groups in total. The number of hydrogen-bond acceptors (Lipinski definition) is 4. The largest absolute Gasteiger partial charge is 0.481 e. The molecule has 10 heteroatoms. The minimum atomic E-state index is -1.70. The predicted octanol–water partition coefficient (Wildman–Crippen LogP) is -1.20. The average Bonchev–Trinajstić information content (AvgIpc) is 1.97. The number of rotatable bonds is 4. The van der Waals surface area contributed by atoms with Crippen molar-refractivity contribution in [3.05, 3.63) is 0 Å². The van der Waals surface area contributed by atoms with Gasteiger partial charge in [0.1, 0.15) is 0 Å². The van der Waals surface area contributed by atoms with Gasteiger partial charge in [-0.2, -0.15) is 0 Å². The van der Waals surface area contributed by atoms with E-state index in [1.165, 1.54) is 0 Å². The van der Waals surface area contributed by atoms with Gasteiger partial charge in [-0.25, -0.2) is 0 Å². The van der Waals surface area contributed by atoms with E-state index in [2.05, 4.69) is 0 Å². The van der Waals surface area contributed by atoms with Gasteiger partial charge in [-0.15, -0.1) is 0 Å². The molecule has 1 aliphatic rings. The van der Waals surface area contributed by atoms with E-state index in [0.717, 1.165) is 0 Å². The fourth-order valence-corrected chi connectivity index (χ4v) is 1.98. The number of hydrogen-bond donors (Lipinski definition) is 4. The number of aliphatic carboxylic acids is 4. The van der Waals surface area contributed by atoms with Crippen molar-refractivity contribution in [2.75, 3.05) is 0 Å². The molecule has 1 rings (SSSR count). The summed E-state index contributed by atoms with van der Waals surface area (Å²) < 4.78 is 0. The molecule has 1 saturated carbocycles. The van der Waals surface area contributed by atoms with Crippen molar-refractivity contribution in [1.29, 1.82) is 0 Å². The summed E-state index contributed by atoms with van der Waals surface area (Å²) in [6.07, 6.45) is 0. The summed E-state index contributed by atoms with van der Waals surface area (Å²) in [6, 6.07) is 0. The van der Waals surface area contributed by atoms with Crippen molar-refractivity contribution in [3.63, 3.8) is 0 Å². The van der Waals surface area contributed by atoms with Crippen LogP contribution in [0.5, 0.6) is 0 Å². The molecule has 1 fully saturated rings. The maximum Gasteiger partial charge on any atom is 0.308 e. The predicted molar refractivity (Wildman–Crippen MR) is 44.5 cm³/mol. The molecule has 0 amide bonds. The molecule has 8 nitrogen and oxygen atoms in total. The van der Waals surface area contributed by atoms with Gasteiger partial charge in [0.15, 0.2) is 0 Å². The van der Waals surface area contributed by atoms with Gasteiger partial charge in [0, 0.05) is 42.1 Å². The van der Waals surface area contributed by atoms with E-state index in [4.69, 9.17) is 20.4 Å². The molecule has 0 aliphatic heterocycles. The second kappa shape index (κ2) is 7.00. The molecule has 0 aromatic rings. The van der Waals surface area contributed by atoms with Crippen LogP contribution in [0.3, 0.4) is 0 Å². The summed E-state index contributed by atoms with van der Waals surface area (Å²) in [5.41, 5.74) is 0. The van der Waals surface area contributed by atoms with Crippen LogP contribution in [0.15, 0.2) is 0 Å². The summed E-state index contributed by atoms with van der Waals surface area (Å²) in [6.45, 7) is 0. The van der Waals surface area contributed by atoms with Crippen LogP contribution in [0.25, 0.3) is 0 Å². The molecule has 0 spiro atoms. The van der Waals surface area contributed by atoms with Crippen molar-refractivity contribution >= 4 is 23.9 Å². The first-order valence-corrected chi connectivity index (χ1v) is 4.20. The average molecular weight is 622 g/mol. The summed E-state index contributed by atoms with van der Waals surface area (Å²) >= 11 is 0. The third-order valence-electron chi connectivity index (χ3n) is 2.69. The van der Waals surface area contributed by atoms with E-state index in [9.17, 15) is 19.2 Å². The Labute approximate surface area is 129 Å². The van der Waals surface area contributed by atoms with E-state index >= 15 is 0 Å². The first-order valence-electron chi connectivity index (χ1n) is 4.20. The van der Waals surface area contributed by atoms with Gasteiger partial charge < -0.3 is 20.4 Å².